The number of nitrogens with zero attached hydrogens (tertiary/aromatic N) is 2. The molecule has 4 aromatic rings. The summed E-state index contributed by atoms with van der Waals surface area (Å²) in [6, 6.07) is 11.0. The summed E-state index contributed by atoms with van der Waals surface area (Å²) in [4.78, 5) is 21.4. The topological polar surface area (TPSA) is 89.0 Å². The molecule has 0 saturated carbocycles. The Kier molecular flexibility index (Phi) is 6.37. The first-order chi connectivity index (χ1) is 14.8. The van der Waals surface area contributed by atoms with Gasteiger partial charge in [-0.3, -0.25) is 4.79 Å². The highest BCUT2D eigenvalue weighted by Gasteiger charge is 2.14. The molecule has 0 fully saturated rings. The molecule has 2 aromatic carbocycles. The minimum atomic E-state index is -3.31. The van der Waals surface area contributed by atoms with Gasteiger partial charge in [0.2, 0.25) is 5.91 Å². The van der Waals surface area contributed by atoms with Gasteiger partial charge in [0.25, 0.3) is 0 Å². The van der Waals surface area contributed by atoms with Crippen molar-refractivity contribution in [3.63, 3.8) is 0 Å². The molecule has 1 amide bonds. The molecule has 0 saturated heterocycles. The molecule has 0 aliphatic carbocycles. The highest BCUT2D eigenvalue weighted by atomic mass is 32.2. The summed E-state index contributed by atoms with van der Waals surface area (Å²) < 4.78 is 37.9. The Morgan fingerprint density at radius 1 is 1.16 bits per heavy atom. The Balaban J connectivity index is 1.36. The molecule has 11 heteroatoms. The summed E-state index contributed by atoms with van der Waals surface area (Å²) in [5.41, 5.74) is 2.28. The second kappa shape index (κ2) is 9.03. The number of aromatic nitrogens is 2. The van der Waals surface area contributed by atoms with Gasteiger partial charge < -0.3 is 5.32 Å². The molecule has 31 heavy (non-hydrogen) atoms. The van der Waals surface area contributed by atoms with Crippen molar-refractivity contribution in [2.75, 3.05) is 11.6 Å². The fraction of sp³-hybridized carbons (Fsp3) is 0.150. The van der Waals surface area contributed by atoms with E-state index >= 15 is 0 Å². The van der Waals surface area contributed by atoms with Crippen LogP contribution in [0.15, 0.2) is 57.1 Å². The monoisotopic (exact) mass is 493 g/mol. The fourth-order valence-electron chi connectivity index (χ4n) is 2.68. The van der Waals surface area contributed by atoms with Gasteiger partial charge >= 0.3 is 0 Å². The van der Waals surface area contributed by atoms with E-state index in [0.29, 0.717) is 26.8 Å². The molecule has 0 aliphatic heterocycles. The number of carbonyl (C=O) groups is 1. The molecule has 0 unspecified atom stereocenters. The molecule has 2 aromatic heterocycles. The lowest BCUT2D eigenvalue weighted by atomic mass is 10.2. The van der Waals surface area contributed by atoms with Crippen molar-refractivity contribution in [2.24, 2.45) is 0 Å². The molecule has 1 N–H and O–H groups in total. The minimum Gasteiger partial charge on any atom is -0.302 e. The van der Waals surface area contributed by atoms with Crippen molar-refractivity contribution >= 4 is 65.5 Å². The van der Waals surface area contributed by atoms with E-state index in [1.807, 2.05) is 5.38 Å². The standard InChI is InChI=1S/C20H16FN3O3S4/c1-31(26,27)15-6-7-16-17(9-15)30-19(23-16)24-18(25)8-14-11-29-20(22-14)28-10-12-2-4-13(21)5-3-12/h2-7,9,11H,8,10H2,1H3,(H,23,24,25). The average Bonchev–Trinajstić information content (AvgIpc) is 3.32. The maximum absolute atomic E-state index is 13.0. The summed E-state index contributed by atoms with van der Waals surface area (Å²) in [5, 5.41) is 5.00. The summed E-state index contributed by atoms with van der Waals surface area (Å²) in [6.07, 6.45) is 1.26. The van der Waals surface area contributed by atoms with Crippen LogP contribution < -0.4 is 5.32 Å². The summed E-state index contributed by atoms with van der Waals surface area (Å²) in [6.45, 7) is 0. The van der Waals surface area contributed by atoms with Crippen LogP contribution in [-0.4, -0.2) is 30.5 Å². The number of thioether (sulfide) groups is 1. The molecule has 0 radical (unpaired) electrons. The van der Waals surface area contributed by atoms with E-state index in [1.165, 1.54) is 52.6 Å². The number of carbonyl (C=O) groups excluding carboxylic acids is 1. The van der Waals surface area contributed by atoms with Crippen LogP contribution in [0, 0.1) is 5.82 Å². The lowest BCUT2D eigenvalue weighted by Gasteiger charge is -1.99. The highest BCUT2D eigenvalue weighted by Crippen LogP contribution is 2.29. The third-order valence-electron chi connectivity index (χ3n) is 4.18. The zero-order valence-electron chi connectivity index (χ0n) is 16.2. The van der Waals surface area contributed by atoms with Crippen molar-refractivity contribution in [3.8, 4) is 0 Å². The van der Waals surface area contributed by atoms with Gasteiger partial charge in [0.05, 0.1) is 27.2 Å². The molecule has 0 spiro atoms. The zero-order valence-corrected chi connectivity index (χ0v) is 19.4. The number of amides is 1. The number of rotatable bonds is 7. The van der Waals surface area contributed by atoms with Crippen LogP contribution in [0.2, 0.25) is 0 Å². The van der Waals surface area contributed by atoms with E-state index < -0.39 is 9.84 Å². The van der Waals surface area contributed by atoms with E-state index in [0.717, 1.165) is 16.2 Å². The largest absolute Gasteiger partial charge is 0.302 e. The van der Waals surface area contributed by atoms with E-state index in [4.69, 9.17) is 0 Å². The van der Waals surface area contributed by atoms with Crippen LogP contribution in [-0.2, 0) is 26.8 Å². The van der Waals surface area contributed by atoms with Gasteiger partial charge in [0, 0.05) is 17.4 Å². The molecular weight excluding hydrogens is 478 g/mol. The molecule has 160 valence electrons. The predicted molar refractivity (Wildman–Crippen MR) is 123 cm³/mol. The van der Waals surface area contributed by atoms with Crippen molar-refractivity contribution in [3.05, 3.63) is 64.9 Å². The zero-order chi connectivity index (χ0) is 22.0. The van der Waals surface area contributed by atoms with E-state index in [-0.39, 0.29) is 23.0 Å². The normalized spacial score (nSPS) is 11.7. The van der Waals surface area contributed by atoms with Crippen LogP contribution in [0.5, 0.6) is 0 Å². The quantitative estimate of drug-likeness (QED) is 0.373. The van der Waals surface area contributed by atoms with E-state index in [2.05, 4.69) is 15.3 Å². The number of hydrogen-bond donors (Lipinski definition) is 1. The van der Waals surface area contributed by atoms with Gasteiger partial charge in [-0.05, 0) is 35.9 Å². The van der Waals surface area contributed by atoms with Gasteiger partial charge in [0.15, 0.2) is 15.0 Å². The lowest BCUT2D eigenvalue weighted by Crippen LogP contribution is -2.14. The molecule has 0 bridgehead atoms. The molecule has 6 nitrogen and oxygen atoms in total. The van der Waals surface area contributed by atoms with Crippen LogP contribution in [0.3, 0.4) is 0 Å². The number of thiazole rings is 2. The maximum atomic E-state index is 13.0. The Labute approximate surface area is 190 Å². The maximum Gasteiger partial charge on any atom is 0.232 e. The molecular formula is C20H16FN3O3S4. The Hall–Kier alpha value is -2.34. The SMILES string of the molecule is CS(=O)(=O)c1ccc2nc(NC(=O)Cc3csc(SCc4ccc(F)cc4)n3)sc2c1. The van der Waals surface area contributed by atoms with Crippen LogP contribution in [0.4, 0.5) is 9.52 Å². The van der Waals surface area contributed by atoms with E-state index in [9.17, 15) is 17.6 Å². The Morgan fingerprint density at radius 2 is 1.94 bits per heavy atom. The first-order valence-electron chi connectivity index (χ1n) is 8.98. The summed E-state index contributed by atoms with van der Waals surface area (Å²) in [7, 11) is -3.31. The van der Waals surface area contributed by atoms with Crippen LogP contribution in [0.25, 0.3) is 10.2 Å². The first-order valence-corrected chi connectivity index (χ1v) is 13.6. The number of hydrogen-bond acceptors (Lipinski definition) is 8. The molecule has 4 rings (SSSR count). The Morgan fingerprint density at radius 3 is 2.68 bits per heavy atom. The third-order valence-corrected chi connectivity index (χ3v) is 8.37. The predicted octanol–water partition coefficient (Wildman–Crippen LogP) is 4.77. The van der Waals surface area contributed by atoms with Gasteiger partial charge in [-0.15, -0.1) is 11.3 Å². The summed E-state index contributed by atoms with van der Waals surface area (Å²) >= 11 is 4.21. The second-order valence-corrected chi connectivity index (χ2v) is 11.8. The van der Waals surface area contributed by atoms with Crippen molar-refractivity contribution in [2.45, 2.75) is 21.4 Å². The number of benzene rings is 2. The van der Waals surface area contributed by atoms with Crippen molar-refractivity contribution in [1.82, 2.24) is 9.97 Å². The van der Waals surface area contributed by atoms with Crippen molar-refractivity contribution in [1.29, 1.82) is 0 Å². The van der Waals surface area contributed by atoms with E-state index in [1.54, 1.807) is 24.3 Å². The first kappa shape index (κ1) is 21.9. The number of anilines is 1. The number of halogens is 1. The smallest absolute Gasteiger partial charge is 0.232 e. The average molecular weight is 494 g/mol. The second-order valence-electron chi connectivity index (χ2n) is 6.67. The number of fused-ring (bicyclic) bond motifs is 1. The number of nitrogens with one attached hydrogen (secondary N) is 1. The highest BCUT2D eigenvalue weighted by molar-refractivity contribution is 8.00. The molecule has 0 atom stereocenters. The molecule has 2 heterocycles. The van der Waals surface area contributed by atoms with Gasteiger partial charge in [-0.25, -0.2) is 22.8 Å². The van der Waals surface area contributed by atoms with Gasteiger partial charge in [-0.2, -0.15) is 0 Å². The molecule has 0 aliphatic rings. The fourth-order valence-corrected chi connectivity index (χ4v) is 6.12. The lowest BCUT2D eigenvalue weighted by molar-refractivity contribution is -0.115. The van der Waals surface area contributed by atoms with Gasteiger partial charge in [-0.1, -0.05) is 35.2 Å². The Bertz CT molecular complexity index is 1350. The third kappa shape index (κ3) is 5.67. The van der Waals surface area contributed by atoms with Crippen LogP contribution in [0.1, 0.15) is 11.3 Å². The minimum absolute atomic E-state index is 0.109. The van der Waals surface area contributed by atoms with Crippen LogP contribution >= 0.6 is 34.4 Å². The summed E-state index contributed by atoms with van der Waals surface area (Å²) in [5.74, 6) is 0.156. The van der Waals surface area contributed by atoms with Gasteiger partial charge in [0.1, 0.15) is 10.2 Å². The number of sulfone groups is 1. The van der Waals surface area contributed by atoms with Crippen molar-refractivity contribution < 1.29 is 17.6 Å².